The zero-order valence-corrected chi connectivity index (χ0v) is 11.3. The summed E-state index contributed by atoms with van der Waals surface area (Å²) in [5, 5.41) is 11.2. The van der Waals surface area contributed by atoms with Crippen LogP contribution in [-0.2, 0) is 16.0 Å². The molecule has 1 unspecified atom stereocenters. The van der Waals surface area contributed by atoms with E-state index >= 15 is 0 Å². The van der Waals surface area contributed by atoms with Gasteiger partial charge >= 0.3 is 5.97 Å². The van der Waals surface area contributed by atoms with Gasteiger partial charge in [0.05, 0.1) is 6.42 Å². The molecule has 98 valence electrons. The summed E-state index contributed by atoms with van der Waals surface area (Å²) in [5.41, 5.74) is 6.35. The first-order valence-corrected chi connectivity index (χ1v) is 6.28. The Bertz CT molecular complexity index is 420. The number of hydrogen-bond acceptors (Lipinski definition) is 3. The van der Waals surface area contributed by atoms with E-state index in [0.29, 0.717) is 13.0 Å². The molecule has 1 aromatic rings. The van der Waals surface area contributed by atoms with E-state index in [1.807, 2.05) is 24.3 Å². The molecule has 0 aliphatic carbocycles. The highest BCUT2D eigenvalue weighted by molar-refractivity contribution is 9.10. The molecule has 1 rings (SSSR count). The Morgan fingerprint density at radius 3 is 2.50 bits per heavy atom. The van der Waals surface area contributed by atoms with Crippen LogP contribution >= 0.6 is 15.9 Å². The summed E-state index contributed by atoms with van der Waals surface area (Å²) in [4.78, 5) is 21.8. The summed E-state index contributed by atoms with van der Waals surface area (Å²) < 4.78 is 1.00. The second-order valence-corrected chi connectivity index (χ2v) is 4.79. The number of benzene rings is 1. The SMILES string of the molecule is NC(CC(=O)NCCc1ccc(Br)cc1)C(=O)O. The molecule has 0 heterocycles. The molecule has 0 saturated carbocycles. The predicted molar refractivity (Wildman–Crippen MR) is 71.1 cm³/mol. The first-order chi connectivity index (χ1) is 8.49. The van der Waals surface area contributed by atoms with Gasteiger partial charge in [0, 0.05) is 11.0 Å². The molecule has 6 heteroatoms. The zero-order valence-electron chi connectivity index (χ0n) is 9.73. The van der Waals surface area contributed by atoms with Crippen LogP contribution in [0.1, 0.15) is 12.0 Å². The fraction of sp³-hybridized carbons (Fsp3) is 0.333. The van der Waals surface area contributed by atoms with Gasteiger partial charge in [-0.2, -0.15) is 0 Å². The summed E-state index contributed by atoms with van der Waals surface area (Å²) in [7, 11) is 0. The van der Waals surface area contributed by atoms with Gasteiger partial charge in [-0.05, 0) is 24.1 Å². The highest BCUT2D eigenvalue weighted by Gasteiger charge is 2.15. The zero-order chi connectivity index (χ0) is 13.5. The molecule has 1 amide bonds. The number of rotatable bonds is 6. The summed E-state index contributed by atoms with van der Waals surface area (Å²) in [6, 6.07) is 6.63. The molecule has 0 aliphatic rings. The summed E-state index contributed by atoms with van der Waals surface area (Å²) in [6.45, 7) is 0.465. The van der Waals surface area contributed by atoms with Crippen molar-refractivity contribution >= 4 is 27.8 Å². The molecule has 5 nitrogen and oxygen atoms in total. The monoisotopic (exact) mass is 314 g/mol. The Hall–Kier alpha value is -1.40. The predicted octanol–water partition coefficient (Wildman–Crippen LogP) is 0.910. The van der Waals surface area contributed by atoms with E-state index in [9.17, 15) is 9.59 Å². The van der Waals surface area contributed by atoms with E-state index in [-0.39, 0.29) is 12.3 Å². The van der Waals surface area contributed by atoms with Crippen LogP contribution in [0.3, 0.4) is 0 Å². The van der Waals surface area contributed by atoms with E-state index in [1.165, 1.54) is 0 Å². The van der Waals surface area contributed by atoms with Crippen molar-refractivity contribution in [3.8, 4) is 0 Å². The normalized spacial score (nSPS) is 11.9. The Labute approximate surface area is 113 Å². The van der Waals surface area contributed by atoms with Crippen LogP contribution in [-0.4, -0.2) is 29.6 Å². The van der Waals surface area contributed by atoms with E-state index in [4.69, 9.17) is 10.8 Å². The van der Waals surface area contributed by atoms with Crippen LogP contribution in [0.15, 0.2) is 28.7 Å². The van der Waals surface area contributed by atoms with E-state index < -0.39 is 12.0 Å². The van der Waals surface area contributed by atoms with Crippen molar-refractivity contribution in [3.63, 3.8) is 0 Å². The maximum absolute atomic E-state index is 11.3. The van der Waals surface area contributed by atoms with Gasteiger partial charge in [0.25, 0.3) is 0 Å². The van der Waals surface area contributed by atoms with Crippen molar-refractivity contribution in [2.45, 2.75) is 18.9 Å². The Balaban J connectivity index is 2.27. The molecule has 0 bridgehead atoms. The van der Waals surface area contributed by atoms with E-state index in [2.05, 4.69) is 21.2 Å². The van der Waals surface area contributed by atoms with Crippen LogP contribution in [0.4, 0.5) is 0 Å². The smallest absolute Gasteiger partial charge is 0.321 e. The Morgan fingerprint density at radius 2 is 1.94 bits per heavy atom. The molecule has 0 fully saturated rings. The fourth-order valence-corrected chi connectivity index (χ4v) is 1.62. The Kier molecular flexibility index (Phi) is 5.80. The number of aliphatic carboxylic acids is 1. The molecule has 0 saturated heterocycles. The number of amides is 1. The van der Waals surface area contributed by atoms with Crippen LogP contribution in [0.25, 0.3) is 0 Å². The fourth-order valence-electron chi connectivity index (χ4n) is 1.36. The van der Waals surface area contributed by atoms with Crippen LogP contribution < -0.4 is 11.1 Å². The van der Waals surface area contributed by atoms with Crippen molar-refractivity contribution in [1.82, 2.24) is 5.32 Å². The number of carbonyl (C=O) groups excluding carboxylic acids is 1. The number of nitrogens with one attached hydrogen (secondary N) is 1. The average Bonchev–Trinajstić information content (AvgIpc) is 2.31. The number of nitrogens with two attached hydrogens (primary N) is 1. The lowest BCUT2D eigenvalue weighted by atomic mass is 10.1. The molecule has 0 aliphatic heterocycles. The number of carboxylic acid groups (broad SMARTS) is 1. The standard InChI is InChI=1S/C12H15BrN2O3/c13-9-3-1-8(2-4-9)5-6-15-11(16)7-10(14)12(17)18/h1-4,10H,5-7,14H2,(H,15,16)(H,17,18). The largest absolute Gasteiger partial charge is 0.480 e. The van der Waals surface area contributed by atoms with E-state index in [0.717, 1.165) is 10.0 Å². The quantitative estimate of drug-likeness (QED) is 0.727. The molecule has 1 aromatic carbocycles. The number of carbonyl (C=O) groups is 2. The highest BCUT2D eigenvalue weighted by atomic mass is 79.9. The number of halogens is 1. The topological polar surface area (TPSA) is 92.4 Å². The van der Waals surface area contributed by atoms with Crippen molar-refractivity contribution < 1.29 is 14.7 Å². The van der Waals surface area contributed by atoms with Gasteiger partial charge in [0.1, 0.15) is 6.04 Å². The number of hydrogen-bond donors (Lipinski definition) is 3. The van der Waals surface area contributed by atoms with Crippen molar-refractivity contribution in [3.05, 3.63) is 34.3 Å². The third kappa shape index (κ3) is 5.29. The van der Waals surface area contributed by atoms with Crippen molar-refractivity contribution in [2.24, 2.45) is 5.73 Å². The Morgan fingerprint density at radius 1 is 1.33 bits per heavy atom. The maximum atomic E-state index is 11.3. The molecule has 18 heavy (non-hydrogen) atoms. The van der Waals surface area contributed by atoms with Gasteiger partial charge in [-0.1, -0.05) is 28.1 Å². The van der Waals surface area contributed by atoms with Crippen molar-refractivity contribution in [1.29, 1.82) is 0 Å². The minimum absolute atomic E-state index is 0.199. The highest BCUT2D eigenvalue weighted by Crippen LogP contribution is 2.10. The third-order valence-corrected chi connectivity index (χ3v) is 2.90. The first kappa shape index (κ1) is 14.7. The molecule has 0 aromatic heterocycles. The average molecular weight is 315 g/mol. The lowest BCUT2D eigenvalue weighted by Gasteiger charge is -2.07. The van der Waals surface area contributed by atoms with Gasteiger partial charge in [-0.3, -0.25) is 9.59 Å². The number of carboxylic acids is 1. The second kappa shape index (κ2) is 7.13. The lowest BCUT2D eigenvalue weighted by Crippen LogP contribution is -2.37. The lowest BCUT2D eigenvalue weighted by molar-refractivity contribution is -0.140. The summed E-state index contributed by atoms with van der Waals surface area (Å²) >= 11 is 3.34. The van der Waals surface area contributed by atoms with Gasteiger partial charge in [0.2, 0.25) is 5.91 Å². The first-order valence-electron chi connectivity index (χ1n) is 5.48. The molecule has 0 spiro atoms. The summed E-state index contributed by atoms with van der Waals surface area (Å²) in [5.74, 6) is -1.51. The maximum Gasteiger partial charge on any atom is 0.321 e. The minimum Gasteiger partial charge on any atom is -0.480 e. The minimum atomic E-state index is -1.17. The third-order valence-electron chi connectivity index (χ3n) is 2.37. The molecular weight excluding hydrogens is 300 g/mol. The van der Waals surface area contributed by atoms with Crippen LogP contribution in [0.5, 0.6) is 0 Å². The van der Waals surface area contributed by atoms with Gasteiger partial charge in [-0.15, -0.1) is 0 Å². The van der Waals surface area contributed by atoms with Gasteiger partial charge in [-0.25, -0.2) is 0 Å². The van der Waals surface area contributed by atoms with Crippen LogP contribution in [0, 0.1) is 0 Å². The molecule has 1 atom stereocenters. The van der Waals surface area contributed by atoms with E-state index in [1.54, 1.807) is 0 Å². The van der Waals surface area contributed by atoms with Gasteiger partial charge < -0.3 is 16.2 Å². The van der Waals surface area contributed by atoms with Crippen molar-refractivity contribution in [2.75, 3.05) is 6.54 Å². The molecular formula is C12H15BrN2O3. The van der Waals surface area contributed by atoms with Gasteiger partial charge in [0.15, 0.2) is 0 Å². The summed E-state index contributed by atoms with van der Waals surface area (Å²) in [6.07, 6.45) is 0.497. The molecule has 4 N–H and O–H groups in total. The van der Waals surface area contributed by atoms with Crippen LogP contribution in [0.2, 0.25) is 0 Å². The second-order valence-electron chi connectivity index (χ2n) is 3.88. The molecule has 0 radical (unpaired) electrons.